The van der Waals surface area contributed by atoms with Crippen molar-refractivity contribution in [2.75, 3.05) is 11.4 Å². The predicted octanol–water partition coefficient (Wildman–Crippen LogP) is 1.74. The number of nitrogens with zero attached hydrogens (tertiary/aromatic N) is 2. The third kappa shape index (κ3) is 2.93. The third-order valence-electron chi connectivity index (χ3n) is 3.25. The van der Waals surface area contributed by atoms with E-state index in [0.29, 0.717) is 24.9 Å². The quantitative estimate of drug-likeness (QED) is 0.667. The van der Waals surface area contributed by atoms with Crippen LogP contribution in [0, 0.1) is 10.1 Å². The maximum atomic E-state index is 12.0. The molecular formula is C13H14N2O5. The van der Waals surface area contributed by atoms with E-state index in [0.717, 1.165) is 5.56 Å². The molecule has 0 atom stereocenters. The summed E-state index contributed by atoms with van der Waals surface area (Å²) in [5.41, 5.74) is 1.28. The van der Waals surface area contributed by atoms with Crippen molar-refractivity contribution in [3.63, 3.8) is 0 Å². The zero-order valence-corrected chi connectivity index (χ0v) is 10.7. The van der Waals surface area contributed by atoms with Crippen molar-refractivity contribution < 1.29 is 19.6 Å². The smallest absolute Gasteiger partial charge is 0.305 e. The first kappa shape index (κ1) is 14.0. The second-order valence-corrected chi connectivity index (χ2v) is 4.61. The third-order valence-corrected chi connectivity index (χ3v) is 3.25. The van der Waals surface area contributed by atoms with E-state index in [4.69, 9.17) is 5.11 Å². The Bertz CT molecular complexity index is 570. The minimum Gasteiger partial charge on any atom is -0.481 e. The van der Waals surface area contributed by atoms with Crippen LogP contribution in [0.4, 0.5) is 11.4 Å². The van der Waals surface area contributed by atoms with Gasteiger partial charge in [0, 0.05) is 30.8 Å². The van der Waals surface area contributed by atoms with Gasteiger partial charge in [-0.25, -0.2) is 0 Å². The number of carbonyl (C=O) groups excluding carboxylic acids is 1. The lowest BCUT2D eigenvalue weighted by atomic mass is 10.1. The van der Waals surface area contributed by atoms with Gasteiger partial charge in [-0.3, -0.25) is 19.7 Å². The number of rotatable bonds is 4. The molecule has 1 amide bonds. The SMILES string of the molecule is O=C(O)CCN1C(=O)CCCc2cc([N+](=O)[O-])ccc21. The number of aliphatic carboxylic acids is 1. The largest absolute Gasteiger partial charge is 0.481 e. The maximum absolute atomic E-state index is 12.0. The first-order valence-corrected chi connectivity index (χ1v) is 6.28. The Morgan fingerprint density at radius 2 is 2.15 bits per heavy atom. The van der Waals surface area contributed by atoms with E-state index in [1.165, 1.54) is 23.1 Å². The molecule has 0 spiro atoms. The number of nitro groups is 1. The lowest BCUT2D eigenvalue weighted by Crippen LogP contribution is -2.32. The summed E-state index contributed by atoms with van der Waals surface area (Å²) < 4.78 is 0. The van der Waals surface area contributed by atoms with Gasteiger partial charge in [0.05, 0.1) is 11.3 Å². The monoisotopic (exact) mass is 278 g/mol. The van der Waals surface area contributed by atoms with Crippen LogP contribution in [-0.4, -0.2) is 28.5 Å². The highest BCUT2D eigenvalue weighted by atomic mass is 16.6. The Balaban J connectivity index is 2.36. The molecule has 1 N–H and O–H groups in total. The highest BCUT2D eigenvalue weighted by molar-refractivity contribution is 5.95. The van der Waals surface area contributed by atoms with Crippen LogP contribution in [0.1, 0.15) is 24.8 Å². The van der Waals surface area contributed by atoms with Crippen molar-refractivity contribution in [3.05, 3.63) is 33.9 Å². The fourth-order valence-corrected chi connectivity index (χ4v) is 2.30. The van der Waals surface area contributed by atoms with Crippen LogP contribution >= 0.6 is 0 Å². The summed E-state index contributed by atoms with van der Waals surface area (Å²) in [6, 6.07) is 4.32. The van der Waals surface area contributed by atoms with Crippen LogP contribution in [0.15, 0.2) is 18.2 Å². The zero-order valence-electron chi connectivity index (χ0n) is 10.7. The molecule has 1 aliphatic heterocycles. The van der Waals surface area contributed by atoms with E-state index in [1.54, 1.807) is 0 Å². The lowest BCUT2D eigenvalue weighted by Gasteiger charge is -2.22. The minimum absolute atomic E-state index is 0.0173. The highest BCUT2D eigenvalue weighted by Gasteiger charge is 2.24. The van der Waals surface area contributed by atoms with E-state index in [9.17, 15) is 19.7 Å². The molecule has 0 fully saturated rings. The van der Waals surface area contributed by atoms with Crippen LogP contribution in [0.25, 0.3) is 0 Å². The summed E-state index contributed by atoms with van der Waals surface area (Å²) in [6.07, 6.45) is 1.35. The molecule has 20 heavy (non-hydrogen) atoms. The molecule has 0 saturated heterocycles. The number of carboxylic acid groups (broad SMARTS) is 1. The topological polar surface area (TPSA) is 101 Å². The molecule has 0 aromatic heterocycles. The average Bonchev–Trinajstić information content (AvgIpc) is 2.54. The second kappa shape index (κ2) is 5.68. The molecule has 1 heterocycles. The van der Waals surface area contributed by atoms with E-state index in [2.05, 4.69) is 0 Å². The van der Waals surface area contributed by atoms with E-state index in [-0.39, 0.29) is 24.6 Å². The predicted molar refractivity (Wildman–Crippen MR) is 70.6 cm³/mol. The molecule has 0 unspecified atom stereocenters. The molecule has 1 aromatic carbocycles. The Hall–Kier alpha value is -2.44. The summed E-state index contributed by atoms with van der Waals surface area (Å²) >= 11 is 0. The molecule has 0 aliphatic carbocycles. The van der Waals surface area contributed by atoms with Gasteiger partial charge < -0.3 is 10.0 Å². The molecule has 0 bridgehead atoms. The van der Waals surface area contributed by atoms with E-state index < -0.39 is 10.9 Å². The van der Waals surface area contributed by atoms with Gasteiger partial charge in [0.1, 0.15) is 0 Å². The van der Waals surface area contributed by atoms with Crippen LogP contribution in [0.3, 0.4) is 0 Å². The number of amides is 1. The van der Waals surface area contributed by atoms with Crippen LogP contribution < -0.4 is 4.90 Å². The molecule has 1 aliphatic rings. The van der Waals surface area contributed by atoms with Crippen LogP contribution in [0.2, 0.25) is 0 Å². The lowest BCUT2D eigenvalue weighted by molar-refractivity contribution is -0.384. The number of hydrogen-bond donors (Lipinski definition) is 1. The number of non-ortho nitro benzene ring substituents is 1. The van der Waals surface area contributed by atoms with Crippen molar-refractivity contribution in [2.45, 2.75) is 25.7 Å². The Morgan fingerprint density at radius 3 is 2.80 bits per heavy atom. The zero-order chi connectivity index (χ0) is 14.7. The summed E-state index contributed by atoms with van der Waals surface area (Å²) in [5.74, 6) is -1.12. The number of hydrogen-bond acceptors (Lipinski definition) is 4. The number of carboxylic acids is 1. The first-order chi connectivity index (χ1) is 9.49. The molecule has 7 nitrogen and oxygen atoms in total. The molecular weight excluding hydrogens is 264 g/mol. The number of benzene rings is 1. The van der Waals surface area contributed by atoms with E-state index >= 15 is 0 Å². The number of fused-ring (bicyclic) bond motifs is 1. The normalized spacial score (nSPS) is 14.6. The van der Waals surface area contributed by atoms with Crippen LogP contribution in [-0.2, 0) is 16.0 Å². The number of anilines is 1. The van der Waals surface area contributed by atoms with Gasteiger partial charge in [0.15, 0.2) is 0 Å². The average molecular weight is 278 g/mol. The van der Waals surface area contributed by atoms with E-state index in [1.807, 2.05) is 0 Å². The van der Waals surface area contributed by atoms with Gasteiger partial charge >= 0.3 is 5.97 Å². The van der Waals surface area contributed by atoms with Crippen LogP contribution in [0.5, 0.6) is 0 Å². The first-order valence-electron chi connectivity index (χ1n) is 6.28. The summed E-state index contributed by atoms with van der Waals surface area (Å²) in [6.45, 7) is 0.0823. The summed E-state index contributed by atoms with van der Waals surface area (Å²) in [4.78, 5) is 34.4. The van der Waals surface area contributed by atoms with Crippen molar-refractivity contribution in [1.82, 2.24) is 0 Å². The highest BCUT2D eigenvalue weighted by Crippen LogP contribution is 2.30. The molecule has 106 valence electrons. The number of aryl methyl sites for hydroxylation is 1. The van der Waals surface area contributed by atoms with Crippen molar-refractivity contribution in [1.29, 1.82) is 0 Å². The number of carbonyl (C=O) groups is 2. The fourth-order valence-electron chi connectivity index (χ4n) is 2.30. The van der Waals surface area contributed by atoms with Gasteiger partial charge in [0.25, 0.3) is 5.69 Å². The standard InChI is InChI=1S/C13H14N2O5/c16-12-3-1-2-9-8-10(15(19)20)4-5-11(9)14(12)7-6-13(17)18/h4-5,8H,1-3,6-7H2,(H,17,18). The van der Waals surface area contributed by atoms with Crippen molar-refractivity contribution in [2.24, 2.45) is 0 Å². The molecule has 2 rings (SSSR count). The van der Waals surface area contributed by atoms with Crippen molar-refractivity contribution >= 4 is 23.3 Å². The van der Waals surface area contributed by atoms with Gasteiger partial charge in [0.2, 0.25) is 5.91 Å². The Labute approximate surface area is 115 Å². The fraction of sp³-hybridized carbons (Fsp3) is 0.385. The van der Waals surface area contributed by atoms with Gasteiger partial charge in [-0.15, -0.1) is 0 Å². The van der Waals surface area contributed by atoms with Crippen molar-refractivity contribution in [3.8, 4) is 0 Å². The Morgan fingerprint density at radius 1 is 1.40 bits per heavy atom. The molecule has 0 saturated carbocycles. The Kier molecular flexibility index (Phi) is 3.97. The molecule has 7 heteroatoms. The second-order valence-electron chi connectivity index (χ2n) is 4.61. The number of nitro benzene ring substituents is 1. The maximum Gasteiger partial charge on any atom is 0.305 e. The summed E-state index contributed by atoms with van der Waals surface area (Å²) in [7, 11) is 0. The molecule has 1 aromatic rings. The van der Waals surface area contributed by atoms with Gasteiger partial charge in [-0.1, -0.05) is 0 Å². The molecule has 0 radical (unpaired) electrons. The van der Waals surface area contributed by atoms with Gasteiger partial charge in [-0.2, -0.15) is 0 Å². The van der Waals surface area contributed by atoms with Gasteiger partial charge in [-0.05, 0) is 24.5 Å². The summed E-state index contributed by atoms with van der Waals surface area (Å²) in [5, 5.41) is 19.5. The minimum atomic E-state index is -0.981.